The van der Waals surface area contributed by atoms with Crippen LogP contribution in [0.4, 0.5) is 5.69 Å². The minimum absolute atomic E-state index is 0.251. The monoisotopic (exact) mass is 450 g/mol. The van der Waals surface area contributed by atoms with Crippen LogP contribution >= 0.6 is 11.8 Å². The van der Waals surface area contributed by atoms with Gasteiger partial charge in [0.25, 0.3) is 0 Å². The number of hydrogen-bond acceptors (Lipinski definition) is 5. The summed E-state index contributed by atoms with van der Waals surface area (Å²) in [5.74, 6) is 1.22. The fraction of sp³-hybridized carbons (Fsp3) is 0.409. The van der Waals surface area contributed by atoms with Crippen molar-refractivity contribution in [3.05, 3.63) is 54.1 Å². The Morgan fingerprint density at radius 3 is 2.37 bits per heavy atom. The summed E-state index contributed by atoms with van der Waals surface area (Å²) in [6.45, 7) is 4.91. The van der Waals surface area contributed by atoms with Gasteiger partial charge in [-0.3, -0.25) is 9.10 Å². The maximum absolute atomic E-state index is 12.3. The number of carbonyl (C=O) groups excluding carboxylic acids is 1. The van der Waals surface area contributed by atoms with Crippen molar-refractivity contribution in [2.45, 2.75) is 31.6 Å². The van der Waals surface area contributed by atoms with Crippen LogP contribution in [-0.2, 0) is 14.8 Å². The summed E-state index contributed by atoms with van der Waals surface area (Å²) in [5, 5.41) is 2.81. The largest absolute Gasteiger partial charge is 0.494 e. The Labute approximate surface area is 184 Å². The van der Waals surface area contributed by atoms with Crippen molar-refractivity contribution in [2.24, 2.45) is 0 Å². The number of carbonyl (C=O) groups is 1. The predicted octanol–water partition coefficient (Wildman–Crippen LogP) is 3.85. The molecule has 1 amide bonds. The average Bonchev–Trinajstić information content (AvgIpc) is 2.71. The predicted molar refractivity (Wildman–Crippen MR) is 124 cm³/mol. The SMILES string of the molecule is CCCOc1ccc(N(CC(=O)NCCCSc2ccc(C)cc2)S(C)(=O)=O)cc1. The molecular weight excluding hydrogens is 420 g/mol. The van der Waals surface area contributed by atoms with Gasteiger partial charge in [-0.25, -0.2) is 8.42 Å². The van der Waals surface area contributed by atoms with Gasteiger partial charge in [0, 0.05) is 11.4 Å². The van der Waals surface area contributed by atoms with E-state index in [2.05, 4.69) is 36.5 Å². The lowest BCUT2D eigenvalue weighted by Crippen LogP contribution is -2.40. The molecule has 30 heavy (non-hydrogen) atoms. The smallest absolute Gasteiger partial charge is 0.240 e. The van der Waals surface area contributed by atoms with Crippen molar-refractivity contribution in [1.29, 1.82) is 0 Å². The Morgan fingerprint density at radius 1 is 1.10 bits per heavy atom. The lowest BCUT2D eigenvalue weighted by atomic mass is 10.2. The fourth-order valence-electron chi connectivity index (χ4n) is 2.64. The quantitative estimate of drug-likeness (QED) is 0.393. The van der Waals surface area contributed by atoms with Crippen LogP contribution in [0.2, 0.25) is 0 Å². The van der Waals surface area contributed by atoms with E-state index in [1.54, 1.807) is 36.0 Å². The van der Waals surface area contributed by atoms with Crippen molar-refractivity contribution in [3.63, 3.8) is 0 Å². The zero-order valence-electron chi connectivity index (χ0n) is 17.8. The van der Waals surface area contributed by atoms with Crippen LogP contribution in [0.15, 0.2) is 53.4 Å². The molecule has 0 fully saturated rings. The number of benzene rings is 2. The molecule has 0 saturated carbocycles. The number of thioether (sulfide) groups is 1. The zero-order valence-corrected chi connectivity index (χ0v) is 19.4. The van der Waals surface area contributed by atoms with E-state index >= 15 is 0 Å². The number of ether oxygens (including phenoxy) is 1. The zero-order chi connectivity index (χ0) is 22.0. The maximum Gasteiger partial charge on any atom is 0.240 e. The maximum atomic E-state index is 12.3. The molecule has 0 radical (unpaired) electrons. The molecule has 0 aliphatic rings. The van der Waals surface area contributed by atoms with Crippen molar-refractivity contribution in [2.75, 3.05) is 36.0 Å². The Bertz CT molecular complexity index is 898. The van der Waals surface area contributed by atoms with Gasteiger partial charge in [0.05, 0.1) is 18.6 Å². The molecule has 6 nitrogen and oxygen atoms in total. The minimum Gasteiger partial charge on any atom is -0.494 e. The van der Waals surface area contributed by atoms with Gasteiger partial charge in [-0.15, -0.1) is 11.8 Å². The number of nitrogens with one attached hydrogen (secondary N) is 1. The van der Waals surface area contributed by atoms with Gasteiger partial charge in [-0.1, -0.05) is 24.6 Å². The third-order valence-corrected chi connectivity index (χ3v) is 6.46. The van der Waals surface area contributed by atoms with E-state index in [-0.39, 0.29) is 12.5 Å². The first-order valence-corrected chi connectivity index (χ1v) is 12.8. The lowest BCUT2D eigenvalue weighted by molar-refractivity contribution is -0.119. The molecule has 1 N–H and O–H groups in total. The number of hydrogen-bond donors (Lipinski definition) is 1. The van der Waals surface area contributed by atoms with Gasteiger partial charge in [0.2, 0.25) is 15.9 Å². The highest BCUT2D eigenvalue weighted by molar-refractivity contribution is 7.99. The Morgan fingerprint density at radius 2 is 1.77 bits per heavy atom. The normalized spacial score (nSPS) is 11.2. The summed E-state index contributed by atoms with van der Waals surface area (Å²) in [7, 11) is -3.59. The van der Waals surface area contributed by atoms with Gasteiger partial charge in [0.15, 0.2) is 0 Å². The number of anilines is 1. The summed E-state index contributed by atoms with van der Waals surface area (Å²) in [5.41, 5.74) is 1.66. The molecule has 0 bridgehead atoms. The molecular formula is C22H30N2O4S2. The van der Waals surface area contributed by atoms with Crippen LogP contribution in [0.3, 0.4) is 0 Å². The van der Waals surface area contributed by atoms with Crippen molar-refractivity contribution < 1.29 is 17.9 Å². The number of sulfonamides is 1. The molecule has 2 aromatic rings. The first-order valence-electron chi connectivity index (χ1n) is 9.96. The lowest BCUT2D eigenvalue weighted by Gasteiger charge is -2.22. The highest BCUT2D eigenvalue weighted by atomic mass is 32.2. The van der Waals surface area contributed by atoms with E-state index < -0.39 is 10.0 Å². The highest BCUT2D eigenvalue weighted by Crippen LogP contribution is 2.22. The summed E-state index contributed by atoms with van der Waals surface area (Å²) in [6, 6.07) is 15.0. The Hall–Kier alpha value is -2.19. The Kier molecular flexibility index (Phi) is 9.52. The second-order valence-electron chi connectivity index (χ2n) is 6.98. The second kappa shape index (κ2) is 11.9. The third-order valence-electron chi connectivity index (χ3n) is 4.22. The minimum atomic E-state index is -3.59. The van der Waals surface area contributed by atoms with E-state index in [0.29, 0.717) is 24.6 Å². The van der Waals surface area contributed by atoms with Crippen LogP contribution < -0.4 is 14.4 Å². The van der Waals surface area contributed by atoms with Crippen molar-refractivity contribution in [1.82, 2.24) is 5.32 Å². The summed E-state index contributed by atoms with van der Waals surface area (Å²) in [6.07, 6.45) is 2.79. The van der Waals surface area contributed by atoms with E-state index in [1.165, 1.54) is 10.5 Å². The molecule has 0 unspecified atom stereocenters. The number of aryl methyl sites for hydroxylation is 1. The molecule has 0 heterocycles. The number of amides is 1. The summed E-state index contributed by atoms with van der Waals surface area (Å²) < 4.78 is 31.0. The number of nitrogens with zero attached hydrogens (tertiary/aromatic N) is 1. The number of rotatable bonds is 12. The van der Waals surface area contributed by atoms with Crippen molar-refractivity contribution in [3.8, 4) is 5.75 Å². The molecule has 0 spiro atoms. The fourth-order valence-corrected chi connectivity index (χ4v) is 4.35. The molecule has 0 aromatic heterocycles. The summed E-state index contributed by atoms with van der Waals surface area (Å²) in [4.78, 5) is 13.5. The van der Waals surface area contributed by atoms with Gasteiger partial charge < -0.3 is 10.1 Å². The van der Waals surface area contributed by atoms with Gasteiger partial charge >= 0.3 is 0 Å². The topological polar surface area (TPSA) is 75.7 Å². The Balaban J connectivity index is 1.82. The standard InChI is InChI=1S/C22H30N2O4S2/c1-4-15-28-20-10-8-19(9-11-20)24(30(3,26)27)17-22(25)23-14-5-16-29-21-12-6-18(2)7-13-21/h6-13H,4-5,14-17H2,1-3H3,(H,23,25). The van der Waals surface area contributed by atoms with E-state index in [0.717, 1.165) is 29.2 Å². The van der Waals surface area contributed by atoms with Gasteiger partial charge in [-0.05, 0) is 61.9 Å². The molecule has 164 valence electrons. The van der Waals surface area contributed by atoms with Gasteiger partial charge in [0.1, 0.15) is 12.3 Å². The van der Waals surface area contributed by atoms with Crippen LogP contribution in [0, 0.1) is 6.92 Å². The van der Waals surface area contributed by atoms with Crippen LogP contribution in [0.25, 0.3) is 0 Å². The first kappa shape index (κ1) is 24.1. The molecule has 0 aliphatic heterocycles. The van der Waals surface area contributed by atoms with E-state index in [4.69, 9.17) is 4.74 Å². The summed E-state index contributed by atoms with van der Waals surface area (Å²) >= 11 is 1.73. The molecule has 2 aromatic carbocycles. The van der Waals surface area contributed by atoms with Crippen LogP contribution in [0.5, 0.6) is 5.75 Å². The molecule has 2 rings (SSSR count). The molecule has 0 aliphatic carbocycles. The van der Waals surface area contributed by atoms with Gasteiger partial charge in [-0.2, -0.15) is 0 Å². The molecule has 0 atom stereocenters. The van der Waals surface area contributed by atoms with Crippen LogP contribution in [-0.4, -0.2) is 46.0 Å². The second-order valence-corrected chi connectivity index (χ2v) is 10.1. The van der Waals surface area contributed by atoms with Crippen LogP contribution in [0.1, 0.15) is 25.3 Å². The van der Waals surface area contributed by atoms with Crippen molar-refractivity contribution >= 4 is 33.4 Å². The molecule has 0 saturated heterocycles. The highest BCUT2D eigenvalue weighted by Gasteiger charge is 2.20. The average molecular weight is 451 g/mol. The molecule has 8 heteroatoms. The third kappa shape index (κ3) is 8.28. The van der Waals surface area contributed by atoms with E-state index in [1.807, 2.05) is 6.92 Å². The van der Waals surface area contributed by atoms with E-state index in [9.17, 15) is 13.2 Å². The first-order chi connectivity index (χ1) is 14.3.